The van der Waals surface area contributed by atoms with Gasteiger partial charge in [-0.15, -0.1) is 0 Å². The molecule has 2 aliphatic carbocycles. The largest absolute Gasteiger partial charge is 0.393 e. The SMILES string of the molecule is CC1CC(C2CCCCC2)CCC1O. The van der Waals surface area contributed by atoms with Crippen molar-refractivity contribution in [3.63, 3.8) is 0 Å². The lowest BCUT2D eigenvalue weighted by Gasteiger charge is -2.37. The zero-order valence-corrected chi connectivity index (χ0v) is 9.41. The average Bonchev–Trinajstić information content (AvgIpc) is 2.23. The van der Waals surface area contributed by atoms with E-state index in [9.17, 15) is 5.11 Å². The summed E-state index contributed by atoms with van der Waals surface area (Å²) in [7, 11) is 0. The molecule has 0 amide bonds. The summed E-state index contributed by atoms with van der Waals surface area (Å²) in [4.78, 5) is 0. The molecule has 0 radical (unpaired) electrons. The summed E-state index contributed by atoms with van der Waals surface area (Å²) >= 11 is 0. The Morgan fingerprint density at radius 1 is 0.857 bits per heavy atom. The van der Waals surface area contributed by atoms with Crippen molar-refractivity contribution in [1.29, 1.82) is 0 Å². The molecule has 0 aromatic carbocycles. The Balaban J connectivity index is 1.85. The Kier molecular flexibility index (Phi) is 3.48. The normalized spacial score (nSPS) is 41.1. The second-order valence-electron chi connectivity index (χ2n) is 5.52. The van der Waals surface area contributed by atoms with E-state index >= 15 is 0 Å². The van der Waals surface area contributed by atoms with Crippen molar-refractivity contribution in [3.8, 4) is 0 Å². The van der Waals surface area contributed by atoms with Crippen LogP contribution < -0.4 is 0 Å². The minimum atomic E-state index is -0.00478. The lowest BCUT2D eigenvalue weighted by atomic mass is 9.70. The third-order valence-electron chi connectivity index (χ3n) is 4.48. The van der Waals surface area contributed by atoms with Gasteiger partial charge in [0.25, 0.3) is 0 Å². The third-order valence-corrected chi connectivity index (χ3v) is 4.48. The summed E-state index contributed by atoms with van der Waals surface area (Å²) in [6.07, 6.45) is 10.9. The molecule has 14 heavy (non-hydrogen) atoms. The second-order valence-corrected chi connectivity index (χ2v) is 5.52. The van der Waals surface area contributed by atoms with Crippen LogP contribution in [0, 0.1) is 17.8 Å². The zero-order valence-electron chi connectivity index (χ0n) is 9.41. The van der Waals surface area contributed by atoms with E-state index in [2.05, 4.69) is 6.92 Å². The molecule has 2 rings (SSSR count). The highest BCUT2D eigenvalue weighted by molar-refractivity contribution is 4.82. The van der Waals surface area contributed by atoms with Crippen LogP contribution in [0.25, 0.3) is 0 Å². The minimum Gasteiger partial charge on any atom is -0.393 e. The van der Waals surface area contributed by atoms with Crippen LogP contribution in [-0.2, 0) is 0 Å². The monoisotopic (exact) mass is 196 g/mol. The molecule has 1 heteroatoms. The molecule has 2 fully saturated rings. The van der Waals surface area contributed by atoms with Gasteiger partial charge in [0.05, 0.1) is 6.10 Å². The van der Waals surface area contributed by atoms with E-state index in [4.69, 9.17) is 0 Å². The predicted molar refractivity (Wildman–Crippen MR) is 59.1 cm³/mol. The number of aliphatic hydroxyl groups excluding tert-OH is 1. The number of hydrogen-bond acceptors (Lipinski definition) is 1. The summed E-state index contributed by atoms with van der Waals surface area (Å²) in [5, 5.41) is 9.69. The van der Waals surface area contributed by atoms with Crippen molar-refractivity contribution in [2.45, 2.75) is 64.4 Å². The lowest BCUT2D eigenvalue weighted by Crippen LogP contribution is -2.31. The molecule has 2 saturated carbocycles. The van der Waals surface area contributed by atoms with Crippen LogP contribution in [0.5, 0.6) is 0 Å². The molecule has 0 heterocycles. The smallest absolute Gasteiger partial charge is 0.0566 e. The van der Waals surface area contributed by atoms with Gasteiger partial charge >= 0.3 is 0 Å². The third kappa shape index (κ3) is 2.31. The molecule has 1 nitrogen and oxygen atoms in total. The van der Waals surface area contributed by atoms with E-state index in [0.717, 1.165) is 18.3 Å². The first kappa shape index (κ1) is 10.5. The van der Waals surface area contributed by atoms with Crippen molar-refractivity contribution in [3.05, 3.63) is 0 Å². The summed E-state index contributed by atoms with van der Waals surface area (Å²) in [6, 6.07) is 0. The first-order valence-electron chi connectivity index (χ1n) is 6.45. The van der Waals surface area contributed by atoms with E-state index in [-0.39, 0.29) is 6.10 Å². The average molecular weight is 196 g/mol. The van der Waals surface area contributed by atoms with Crippen molar-refractivity contribution in [2.75, 3.05) is 0 Å². The van der Waals surface area contributed by atoms with Gasteiger partial charge in [0.1, 0.15) is 0 Å². The van der Waals surface area contributed by atoms with E-state index in [0.29, 0.717) is 5.92 Å². The van der Waals surface area contributed by atoms with Gasteiger partial charge in [-0.25, -0.2) is 0 Å². The van der Waals surface area contributed by atoms with E-state index < -0.39 is 0 Å². The van der Waals surface area contributed by atoms with Crippen LogP contribution >= 0.6 is 0 Å². The second kappa shape index (κ2) is 4.65. The van der Waals surface area contributed by atoms with E-state index in [1.807, 2.05) is 0 Å². The van der Waals surface area contributed by atoms with Crippen LogP contribution in [0.15, 0.2) is 0 Å². The number of aliphatic hydroxyl groups is 1. The predicted octanol–water partition coefficient (Wildman–Crippen LogP) is 3.36. The summed E-state index contributed by atoms with van der Waals surface area (Å²) in [5.74, 6) is 2.49. The Morgan fingerprint density at radius 3 is 2.21 bits per heavy atom. The Labute approximate surface area is 87.9 Å². The van der Waals surface area contributed by atoms with Crippen molar-refractivity contribution < 1.29 is 5.11 Å². The standard InChI is InChI=1S/C13H24O/c1-10-9-12(7-8-13(10)14)11-5-3-2-4-6-11/h10-14H,2-9H2,1H3. The minimum absolute atomic E-state index is 0.00478. The Morgan fingerprint density at radius 2 is 1.57 bits per heavy atom. The molecule has 0 saturated heterocycles. The molecule has 3 atom stereocenters. The van der Waals surface area contributed by atoms with Crippen LogP contribution in [-0.4, -0.2) is 11.2 Å². The molecule has 82 valence electrons. The highest BCUT2D eigenvalue weighted by atomic mass is 16.3. The highest BCUT2D eigenvalue weighted by Crippen LogP contribution is 2.40. The number of rotatable bonds is 1. The maximum Gasteiger partial charge on any atom is 0.0566 e. The van der Waals surface area contributed by atoms with Gasteiger partial charge in [-0.3, -0.25) is 0 Å². The van der Waals surface area contributed by atoms with Crippen LogP contribution in [0.3, 0.4) is 0 Å². The van der Waals surface area contributed by atoms with Crippen LogP contribution in [0.2, 0.25) is 0 Å². The van der Waals surface area contributed by atoms with Gasteiger partial charge in [0.2, 0.25) is 0 Å². The fraction of sp³-hybridized carbons (Fsp3) is 1.00. The molecule has 0 bridgehead atoms. The highest BCUT2D eigenvalue weighted by Gasteiger charge is 2.31. The molecular formula is C13H24O. The quantitative estimate of drug-likeness (QED) is 0.682. The zero-order chi connectivity index (χ0) is 9.97. The summed E-state index contributed by atoms with van der Waals surface area (Å²) in [5.41, 5.74) is 0. The maximum atomic E-state index is 9.69. The first-order valence-corrected chi connectivity index (χ1v) is 6.45. The van der Waals surface area contributed by atoms with Crippen molar-refractivity contribution in [2.24, 2.45) is 17.8 Å². The van der Waals surface area contributed by atoms with E-state index in [1.54, 1.807) is 0 Å². The molecule has 0 aromatic heterocycles. The topological polar surface area (TPSA) is 20.2 Å². The molecule has 0 aromatic rings. The molecular weight excluding hydrogens is 172 g/mol. The molecule has 0 aliphatic heterocycles. The molecule has 0 spiro atoms. The fourth-order valence-corrected chi connectivity index (χ4v) is 3.46. The summed E-state index contributed by atoms with van der Waals surface area (Å²) < 4.78 is 0. The first-order chi connectivity index (χ1) is 6.77. The van der Waals surface area contributed by atoms with Gasteiger partial charge in [-0.2, -0.15) is 0 Å². The maximum absolute atomic E-state index is 9.69. The Bertz CT molecular complexity index is 172. The van der Waals surface area contributed by atoms with Gasteiger partial charge in [-0.1, -0.05) is 39.0 Å². The Hall–Kier alpha value is -0.0400. The van der Waals surface area contributed by atoms with Gasteiger partial charge in [-0.05, 0) is 37.0 Å². The fourth-order valence-electron chi connectivity index (χ4n) is 3.46. The van der Waals surface area contributed by atoms with E-state index in [1.165, 1.54) is 44.9 Å². The molecule has 3 unspecified atom stereocenters. The molecule has 1 N–H and O–H groups in total. The van der Waals surface area contributed by atoms with Crippen LogP contribution in [0.1, 0.15) is 58.3 Å². The lowest BCUT2D eigenvalue weighted by molar-refractivity contribution is 0.0361. The molecule has 2 aliphatic rings. The van der Waals surface area contributed by atoms with Crippen molar-refractivity contribution >= 4 is 0 Å². The summed E-state index contributed by atoms with van der Waals surface area (Å²) in [6.45, 7) is 2.22. The van der Waals surface area contributed by atoms with Crippen LogP contribution in [0.4, 0.5) is 0 Å². The van der Waals surface area contributed by atoms with Crippen molar-refractivity contribution in [1.82, 2.24) is 0 Å². The number of hydrogen-bond donors (Lipinski definition) is 1. The van der Waals surface area contributed by atoms with Gasteiger partial charge < -0.3 is 5.11 Å². The van der Waals surface area contributed by atoms with Gasteiger partial charge in [0.15, 0.2) is 0 Å². The van der Waals surface area contributed by atoms with Gasteiger partial charge in [0, 0.05) is 0 Å².